The van der Waals surface area contributed by atoms with E-state index in [2.05, 4.69) is 6.92 Å². The van der Waals surface area contributed by atoms with Gasteiger partial charge in [0.1, 0.15) is 12.4 Å². The highest BCUT2D eigenvalue weighted by atomic mass is 35.5. The number of likely N-dealkylation sites (tertiary alicyclic amines) is 1. The summed E-state index contributed by atoms with van der Waals surface area (Å²) in [4.78, 5) is 41.5. The number of imide groups is 1. The highest BCUT2D eigenvalue weighted by Gasteiger charge is 2.37. The molecule has 0 saturated carbocycles. The van der Waals surface area contributed by atoms with Crippen molar-refractivity contribution in [3.05, 3.63) is 75.5 Å². The number of hydrogen-bond donors (Lipinski definition) is 0. The van der Waals surface area contributed by atoms with E-state index >= 15 is 0 Å². The minimum atomic E-state index is -0.456. The Morgan fingerprint density at radius 3 is 2.67 bits per heavy atom. The van der Waals surface area contributed by atoms with Crippen molar-refractivity contribution in [3.63, 3.8) is 0 Å². The Morgan fingerprint density at radius 1 is 1.17 bits per heavy atom. The van der Waals surface area contributed by atoms with Crippen molar-refractivity contribution in [1.82, 2.24) is 14.4 Å². The number of halogens is 2. The maximum Gasteiger partial charge on any atom is 0.294 e. The molecule has 0 atom stereocenters. The van der Waals surface area contributed by atoms with E-state index in [9.17, 15) is 18.8 Å². The molecule has 0 aliphatic carbocycles. The van der Waals surface area contributed by atoms with E-state index in [1.54, 1.807) is 17.0 Å². The number of carbonyl (C=O) groups excluding carboxylic acids is 3. The second kappa shape index (κ2) is 10.1. The first-order valence-electron chi connectivity index (χ1n) is 11.8. The molecule has 2 aliphatic heterocycles. The number of piperidine rings is 1. The first-order valence-corrected chi connectivity index (χ1v) is 13.0. The van der Waals surface area contributed by atoms with Gasteiger partial charge in [0.05, 0.1) is 4.91 Å². The van der Waals surface area contributed by atoms with Gasteiger partial charge >= 0.3 is 0 Å². The monoisotopic (exact) mass is 525 g/mol. The predicted molar refractivity (Wildman–Crippen MR) is 140 cm³/mol. The lowest BCUT2D eigenvalue weighted by molar-refractivity contribution is -0.136. The predicted octanol–water partition coefficient (Wildman–Crippen LogP) is 5.78. The maximum absolute atomic E-state index is 13.5. The van der Waals surface area contributed by atoms with Crippen LogP contribution in [0.25, 0.3) is 17.0 Å². The van der Waals surface area contributed by atoms with E-state index in [0.29, 0.717) is 30.6 Å². The van der Waals surface area contributed by atoms with Gasteiger partial charge in [0.25, 0.3) is 11.1 Å². The second-order valence-electron chi connectivity index (χ2n) is 9.30. The van der Waals surface area contributed by atoms with Crippen LogP contribution < -0.4 is 0 Å². The van der Waals surface area contributed by atoms with Gasteiger partial charge in [-0.3, -0.25) is 19.3 Å². The third-order valence-corrected chi connectivity index (χ3v) is 8.02. The molecule has 6 nitrogen and oxygen atoms in total. The molecular weight excluding hydrogens is 501 g/mol. The van der Waals surface area contributed by atoms with Crippen molar-refractivity contribution >= 4 is 57.4 Å². The Kier molecular flexibility index (Phi) is 6.90. The van der Waals surface area contributed by atoms with Crippen LogP contribution in [-0.2, 0) is 16.1 Å². The number of nitrogens with zero attached hydrogens (tertiary/aromatic N) is 3. The van der Waals surface area contributed by atoms with Gasteiger partial charge in [-0.2, -0.15) is 0 Å². The summed E-state index contributed by atoms with van der Waals surface area (Å²) in [6.45, 7) is 3.65. The highest BCUT2D eigenvalue weighted by molar-refractivity contribution is 8.18. The van der Waals surface area contributed by atoms with Gasteiger partial charge in [0, 0.05) is 47.3 Å². The molecule has 2 saturated heterocycles. The quantitative estimate of drug-likeness (QED) is 0.396. The topological polar surface area (TPSA) is 62.6 Å². The van der Waals surface area contributed by atoms with Gasteiger partial charge in [-0.05, 0) is 60.4 Å². The largest absolute Gasteiger partial charge is 0.342 e. The first kappa shape index (κ1) is 24.6. The minimum absolute atomic E-state index is 0.196. The highest BCUT2D eigenvalue weighted by Crippen LogP contribution is 2.34. The number of carbonyl (C=O) groups is 3. The van der Waals surface area contributed by atoms with Crippen molar-refractivity contribution in [2.45, 2.75) is 26.3 Å². The van der Waals surface area contributed by atoms with Crippen LogP contribution in [0.5, 0.6) is 0 Å². The molecule has 2 aliphatic rings. The van der Waals surface area contributed by atoms with Crippen molar-refractivity contribution in [3.8, 4) is 0 Å². The second-order valence-corrected chi connectivity index (χ2v) is 10.7. The summed E-state index contributed by atoms with van der Waals surface area (Å²) >= 11 is 7.09. The molecule has 0 N–H and O–H groups in total. The Morgan fingerprint density at radius 2 is 1.92 bits per heavy atom. The number of aromatic nitrogens is 1. The molecule has 36 heavy (non-hydrogen) atoms. The summed E-state index contributed by atoms with van der Waals surface area (Å²) in [5, 5.41) is 0.802. The van der Waals surface area contributed by atoms with Crippen LogP contribution in [0, 0.1) is 11.7 Å². The van der Waals surface area contributed by atoms with Crippen molar-refractivity contribution in [1.29, 1.82) is 0 Å². The standard InChI is InChI=1S/C27H25ClFN3O3S/c1-17-8-10-30(11-9-17)25(33)16-32-26(34)24(36-27(32)35)12-19-15-31(23-5-3-2-4-21(19)23)14-18-6-7-20(29)13-22(18)28/h2-7,12-13,15,17H,8-11,14,16H2,1H3/b24-12-. The minimum Gasteiger partial charge on any atom is -0.342 e. The van der Waals surface area contributed by atoms with Gasteiger partial charge in [0.15, 0.2) is 0 Å². The molecule has 5 rings (SSSR count). The lowest BCUT2D eigenvalue weighted by Crippen LogP contribution is -2.45. The molecule has 3 aromatic rings. The zero-order chi connectivity index (χ0) is 25.4. The van der Waals surface area contributed by atoms with Gasteiger partial charge in [-0.15, -0.1) is 0 Å². The average molecular weight is 526 g/mol. The third kappa shape index (κ3) is 4.92. The van der Waals surface area contributed by atoms with Gasteiger partial charge in [-0.1, -0.05) is 42.8 Å². The van der Waals surface area contributed by atoms with E-state index in [1.807, 2.05) is 35.0 Å². The molecule has 186 valence electrons. The number of fused-ring (bicyclic) bond motifs is 1. The fourth-order valence-corrected chi connectivity index (χ4v) is 5.68. The molecule has 2 fully saturated rings. The van der Waals surface area contributed by atoms with Gasteiger partial charge in [-0.25, -0.2) is 4.39 Å². The lowest BCUT2D eigenvalue weighted by Gasteiger charge is -2.31. The zero-order valence-corrected chi connectivity index (χ0v) is 21.3. The summed E-state index contributed by atoms with van der Waals surface area (Å²) in [6.07, 6.45) is 5.45. The summed E-state index contributed by atoms with van der Waals surface area (Å²) in [7, 11) is 0. The van der Waals surface area contributed by atoms with E-state index in [1.165, 1.54) is 12.1 Å². The van der Waals surface area contributed by atoms with Crippen LogP contribution in [0.2, 0.25) is 5.02 Å². The molecule has 0 bridgehead atoms. The number of para-hydroxylation sites is 1. The summed E-state index contributed by atoms with van der Waals surface area (Å²) in [5.74, 6) is -0.471. The van der Waals surface area contributed by atoms with E-state index in [-0.39, 0.29) is 17.4 Å². The number of hydrogen-bond acceptors (Lipinski definition) is 4. The van der Waals surface area contributed by atoms with E-state index < -0.39 is 17.0 Å². The number of amides is 3. The number of rotatable bonds is 5. The van der Waals surface area contributed by atoms with Crippen LogP contribution in [0.15, 0.2) is 53.6 Å². The number of benzene rings is 2. The lowest BCUT2D eigenvalue weighted by atomic mass is 9.99. The molecule has 3 heterocycles. The van der Waals surface area contributed by atoms with Crippen molar-refractivity contribution < 1.29 is 18.8 Å². The average Bonchev–Trinajstić information content (AvgIpc) is 3.33. The molecular formula is C27H25ClFN3O3S. The van der Waals surface area contributed by atoms with Gasteiger partial charge in [0.2, 0.25) is 5.91 Å². The van der Waals surface area contributed by atoms with Crippen molar-refractivity contribution in [2.24, 2.45) is 5.92 Å². The van der Waals surface area contributed by atoms with Crippen LogP contribution >= 0.6 is 23.4 Å². The van der Waals surface area contributed by atoms with Crippen LogP contribution in [0.3, 0.4) is 0 Å². The SMILES string of the molecule is CC1CCN(C(=O)CN2C(=O)S/C(=C\c3cn(Cc4ccc(F)cc4Cl)c4ccccc34)C2=O)CC1. The molecule has 0 spiro atoms. The van der Waals surface area contributed by atoms with Crippen molar-refractivity contribution in [2.75, 3.05) is 19.6 Å². The Hall–Kier alpha value is -3.10. The third-order valence-electron chi connectivity index (χ3n) is 6.77. The van der Waals surface area contributed by atoms with Gasteiger partial charge < -0.3 is 9.47 Å². The smallest absolute Gasteiger partial charge is 0.294 e. The molecule has 9 heteroatoms. The summed E-state index contributed by atoms with van der Waals surface area (Å²) in [6, 6.07) is 12.0. The molecule has 3 amide bonds. The van der Waals surface area contributed by atoms with Crippen LogP contribution in [0.1, 0.15) is 30.9 Å². The Labute approximate surface area is 217 Å². The molecule has 0 unspecified atom stereocenters. The number of thioether (sulfide) groups is 1. The molecule has 1 aromatic heterocycles. The first-order chi connectivity index (χ1) is 17.3. The normalized spacial score (nSPS) is 18.1. The maximum atomic E-state index is 13.5. The zero-order valence-electron chi connectivity index (χ0n) is 19.7. The van der Waals surface area contributed by atoms with Crippen LogP contribution in [-0.4, -0.2) is 51.1 Å². The Balaban J connectivity index is 1.39. The summed E-state index contributed by atoms with van der Waals surface area (Å²) in [5.41, 5.74) is 2.44. The van der Waals surface area contributed by atoms with E-state index in [0.717, 1.165) is 51.5 Å². The fraction of sp³-hybridized carbons (Fsp3) is 0.296. The molecule has 2 aromatic carbocycles. The summed E-state index contributed by atoms with van der Waals surface area (Å²) < 4.78 is 15.5. The fourth-order valence-electron chi connectivity index (χ4n) is 4.63. The van der Waals surface area contributed by atoms with E-state index in [4.69, 9.17) is 11.6 Å². The Bertz CT molecular complexity index is 1390. The molecule has 0 radical (unpaired) electrons. The van der Waals surface area contributed by atoms with Crippen LogP contribution in [0.4, 0.5) is 9.18 Å².